The third-order valence-corrected chi connectivity index (χ3v) is 9.06. The van der Waals surface area contributed by atoms with Gasteiger partial charge in [-0.25, -0.2) is 13.1 Å². The predicted octanol–water partition coefficient (Wildman–Crippen LogP) is 6.28. The van der Waals surface area contributed by atoms with Crippen LogP contribution in [0.15, 0.2) is 64.9 Å². The number of rotatable bonds is 10. The Bertz CT molecular complexity index is 1260. The van der Waals surface area contributed by atoms with Gasteiger partial charge >= 0.3 is 0 Å². The van der Waals surface area contributed by atoms with Crippen LogP contribution in [0.4, 0.5) is 0 Å². The minimum atomic E-state index is -3.68. The Morgan fingerprint density at radius 2 is 1.64 bits per heavy atom. The maximum absolute atomic E-state index is 13.3. The number of amides is 1. The van der Waals surface area contributed by atoms with Crippen molar-refractivity contribution in [1.82, 2.24) is 9.62 Å². The van der Waals surface area contributed by atoms with Crippen molar-refractivity contribution in [1.29, 1.82) is 0 Å². The number of likely N-dealkylation sites (N-methyl/N-ethyl adjacent to an activating group) is 1. The Morgan fingerprint density at radius 3 is 2.19 bits per heavy atom. The number of hydrogen-bond donors (Lipinski definition) is 1. The summed E-state index contributed by atoms with van der Waals surface area (Å²) < 4.78 is 29.7. The summed E-state index contributed by atoms with van der Waals surface area (Å²) in [4.78, 5) is 15.9. The molecule has 2 aromatic carbocycles. The zero-order valence-electron chi connectivity index (χ0n) is 22.2. The largest absolute Gasteiger partial charge is 0.338 e. The predicted molar refractivity (Wildman–Crippen MR) is 150 cm³/mol. The Hall–Kier alpha value is -2.48. The fraction of sp³-hybridized carbons (Fsp3) is 0.414. The van der Waals surface area contributed by atoms with Crippen LogP contribution in [0.5, 0.6) is 0 Å². The molecule has 36 heavy (non-hydrogen) atoms. The van der Waals surface area contributed by atoms with Crippen LogP contribution in [-0.4, -0.2) is 31.3 Å². The first-order chi connectivity index (χ1) is 16.9. The highest BCUT2D eigenvalue weighted by Gasteiger charge is 2.28. The van der Waals surface area contributed by atoms with Crippen LogP contribution in [0.2, 0.25) is 0 Å². The Labute approximate surface area is 220 Å². The number of sulfonamides is 1. The SMILES string of the molecule is CCN(Cc1ccccc1)C(=O)Cc1ccc(-c2cc(CC(C)C)sc2S(=O)(=O)NC(C)(C)C)cc1. The van der Waals surface area contributed by atoms with Crippen molar-refractivity contribution in [2.24, 2.45) is 5.92 Å². The molecule has 0 bridgehead atoms. The minimum absolute atomic E-state index is 0.0708. The lowest BCUT2D eigenvalue weighted by Crippen LogP contribution is -2.40. The second-order valence-corrected chi connectivity index (χ2v) is 13.6. The van der Waals surface area contributed by atoms with E-state index in [0.717, 1.165) is 28.0 Å². The van der Waals surface area contributed by atoms with Gasteiger partial charge in [0.25, 0.3) is 10.0 Å². The molecule has 0 aliphatic carbocycles. The van der Waals surface area contributed by atoms with Gasteiger partial charge in [-0.2, -0.15) is 0 Å². The molecule has 1 aromatic heterocycles. The highest BCUT2D eigenvalue weighted by molar-refractivity contribution is 7.91. The van der Waals surface area contributed by atoms with Crippen LogP contribution in [0.3, 0.4) is 0 Å². The molecule has 1 heterocycles. The van der Waals surface area contributed by atoms with Crippen LogP contribution >= 0.6 is 11.3 Å². The molecule has 5 nitrogen and oxygen atoms in total. The molecule has 3 rings (SSSR count). The second kappa shape index (κ2) is 11.7. The molecule has 7 heteroatoms. The van der Waals surface area contributed by atoms with E-state index in [4.69, 9.17) is 0 Å². The van der Waals surface area contributed by atoms with E-state index in [-0.39, 0.29) is 5.91 Å². The number of nitrogens with zero attached hydrogens (tertiary/aromatic N) is 1. The molecule has 0 saturated heterocycles. The molecule has 0 fully saturated rings. The van der Waals surface area contributed by atoms with Crippen LogP contribution in [0.1, 0.15) is 57.5 Å². The maximum Gasteiger partial charge on any atom is 0.251 e. The highest BCUT2D eigenvalue weighted by atomic mass is 32.2. The molecule has 194 valence electrons. The first kappa shape index (κ1) is 28.1. The van der Waals surface area contributed by atoms with E-state index < -0.39 is 15.6 Å². The first-order valence-corrected chi connectivity index (χ1v) is 14.8. The zero-order chi connectivity index (χ0) is 26.5. The molecule has 0 atom stereocenters. The van der Waals surface area contributed by atoms with E-state index in [1.54, 1.807) is 0 Å². The highest BCUT2D eigenvalue weighted by Crippen LogP contribution is 2.37. The van der Waals surface area contributed by atoms with Gasteiger partial charge < -0.3 is 4.90 Å². The van der Waals surface area contributed by atoms with Crippen LogP contribution in [0.25, 0.3) is 11.1 Å². The Balaban J connectivity index is 1.84. The van der Waals surface area contributed by atoms with Crippen molar-refractivity contribution in [3.63, 3.8) is 0 Å². The van der Waals surface area contributed by atoms with Gasteiger partial charge in [0.15, 0.2) is 0 Å². The van der Waals surface area contributed by atoms with Crippen LogP contribution in [-0.2, 0) is 34.2 Å². The minimum Gasteiger partial charge on any atom is -0.338 e. The number of hydrogen-bond acceptors (Lipinski definition) is 4. The quantitative estimate of drug-likeness (QED) is 0.338. The fourth-order valence-corrected chi connectivity index (χ4v) is 7.41. The third kappa shape index (κ3) is 7.76. The molecule has 0 radical (unpaired) electrons. The normalized spacial score (nSPS) is 12.2. The van der Waals surface area contributed by atoms with Crippen LogP contribution in [0, 0.1) is 5.92 Å². The van der Waals surface area contributed by atoms with Crippen molar-refractivity contribution in [2.45, 2.75) is 70.7 Å². The second-order valence-electron chi connectivity index (χ2n) is 10.6. The van der Waals surface area contributed by atoms with Gasteiger partial charge in [-0.1, -0.05) is 68.4 Å². The summed E-state index contributed by atoms with van der Waals surface area (Å²) in [6, 6.07) is 19.7. The van der Waals surface area contributed by atoms with E-state index in [1.807, 2.05) is 93.3 Å². The topological polar surface area (TPSA) is 66.5 Å². The van der Waals surface area contributed by atoms with Crippen LogP contribution < -0.4 is 4.72 Å². The lowest BCUT2D eigenvalue weighted by Gasteiger charge is -2.21. The fourth-order valence-electron chi connectivity index (χ4n) is 4.05. The summed E-state index contributed by atoms with van der Waals surface area (Å²) in [7, 11) is -3.68. The number of carbonyl (C=O) groups is 1. The molecule has 1 N–H and O–H groups in total. The number of carbonyl (C=O) groups excluding carboxylic acids is 1. The standard InChI is InChI=1S/C29H38N2O3S2/c1-7-31(20-23-11-9-8-10-12-23)27(32)18-22-13-15-24(16-14-22)26-19-25(17-21(2)3)35-28(26)36(33,34)30-29(4,5)6/h8-16,19,21,30H,7,17-18,20H2,1-6H3. The Kier molecular flexibility index (Phi) is 9.14. The van der Waals surface area contributed by atoms with Gasteiger partial charge in [0, 0.05) is 29.1 Å². The van der Waals surface area contributed by atoms with E-state index in [9.17, 15) is 13.2 Å². The van der Waals surface area contributed by atoms with Crippen molar-refractivity contribution in [2.75, 3.05) is 6.54 Å². The van der Waals surface area contributed by atoms with Crippen molar-refractivity contribution in [3.05, 3.63) is 76.7 Å². The summed E-state index contributed by atoms with van der Waals surface area (Å²) in [5, 5.41) is 0. The molecule has 3 aromatic rings. The lowest BCUT2D eigenvalue weighted by atomic mass is 10.0. The van der Waals surface area contributed by atoms with Crippen molar-refractivity contribution < 1.29 is 13.2 Å². The smallest absolute Gasteiger partial charge is 0.251 e. The van der Waals surface area contributed by atoms with Crippen molar-refractivity contribution in [3.8, 4) is 11.1 Å². The molecule has 0 saturated carbocycles. The molecular formula is C29H38N2O3S2. The average molecular weight is 527 g/mol. The summed E-state index contributed by atoms with van der Waals surface area (Å²) in [6.45, 7) is 13.0. The number of nitrogens with one attached hydrogen (secondary N) is 1. The van der Waals surface area contributed by atoms with E-state index in [0.29, 0.717) is 35.2 Å². The van der Waals surface area contributed by atoms with Gasteiger partial charge in [0.1, 0.15) is 4.21 Å². The summed E-state index contributed by atoms with van der Waals surface area (Å²) in [5.74, 6) is 0.495. The average Bonchev–Trinajstić information content (AvgIpc) is 3.21. The molecule has 0 aliphatic rings. The maximum atomic E-state index is 13.3. The monoisotopic (exact) mass is 526 g/mol. The molecule has 0 unspecified atom stereocenters. The van der Waals surface area contributed by atoms with Gasteiger partial charge in [-0.3, -0.25) is 4.79 Å². The number of thiophene rings is 1. The van der Waals surface area contributed by atoms with E-state index in [1.165, 1.54) is 11.3 Å². The molecule has 0 aliphatic heterocycles. The van der Waals surface area contributed by atoms with E-state index >= 15 is 0 Å². The Morgan fingerprint density at radius 1 is 1.00 bits per heavy atom. The van der Waals surface area contributed by atoms with E-state index in [2.05, 4.69) is 18.6 Å². The van der Waals surface area contributed by atoms with Gasteiger partial charge in [-0.15, -0.1) is 11.3 Å². The van der Waals surface area contributed by atoms with Gasteiger partial charge in [-0.05, 0) is 62.8 Å². The third-order valence-electron chi connectivity index (χ3n) is 5.61. The lowest BCUT2D eigenvalue weighted by molar-refractivity contribution is -0.130. The molecule has 0 spiro atoms. The summed E-state index contributed by atoms with van der Waals surface area (Å²) in [5.41, 5.74) is 2.99. The zero-order valence-corrected chi connectivity index (χ0v) is 23.8. The molecular weight excluding hydrogens is 488 g/mol. The summed E-state index contributed by atoms with van der Waals surface area (Å²) in [6.07, 6.45) is 1.13. The van der Waals surface area contributed by atoms with Gasteiger partial charge in [0.2, 0.25) is 5.91 Å². The number of benzene rings is 2. The van der Waals surface area contributed by atoms with Crippen molar-refractivity contribution >= 4 is 27.3 Å². The van der Waals surface area contributed by atoms with Gasteiger partial charge in [0.05, 0.1) is 6.42 Å². The summed E-state index contributed by atoms with van der Waals surface area (Å²) >= 11 is 1.34. The first-order valence-electron chi connectivity index (χ1n) is 12.5. The molecule has 1 amide bonds.